The fourth-order valence-electron chi connectivity index (χ4n) is 8.54. The van der Waals surface area contributed by atoms with Gasteiger partial charge in [-0.05, 0) is 170 Å². The largest absolute Gasteiger partial charge is 0.496 e. The second-order valence-corrected chi connectivity index (χ2v) is 15.2. The van der Waals surface area contributed by atoms with Gasteiger partial charge in [0, 0.05) is 25.7 Å². The maximum atomic E-state index is 10.7. The fraction of sp³-hybridized carbons (Fsp3) is 0.388. The molecule has 16 rings (SSSR count). The molecular formula is C49H58O10. The molecule has 5 aromatic rings. The van der Waals surface area contributed by atoms with Crippen LogP contribution in [-0.2, 0) is 71.6 Å². The summed E-state index contributed by atoms with van der Waals surface area (Å²) in [6.07, 6.45) is 6.02. The first kappa shape index (κ1) is 43.5. The van der Waals surface area contributed by atoms with Crippen LogP contribution in [0.5, 0.6) is 28.7 Å². The Bertz CT molecular complexity index is 2090. The molecule has 0 saturated heterocycles. The molecular weight excluding hydrogens is 749 g/mol. The Labute approximate surface area is 347 Å². The number of hydrogen-bond donors (Lipinski definition) is 5. The van der Waals surface area contributed by atoms with Gasteiger partial charge < -0.3 is 49.2 Å². The first-order valence-corrected chi connectivity index (χ1v) is 20.2. The van der Waals surface area contributed by atoms with Crippen LogP contribution in [0, 0.1) is 0 Å². The molecule has 0 amide bonds. The summed E-state index contributed by atoms with van der Waals surface area (Å²) in [6.45, 7) is -0.852. The predicted molar refractivity (Wildman–Crippen MR) is 227 cm³/mol. The van der Waals surface area contributed by atoms with Crippen LogP contribution in [-0.4, -0.2) is 61.1 Å². The quantitative estimate of drug-likeness (QED) is 0.102. The molecule has 10 heteroatoms. The van der Waals surface area contributed by atoms with E-state index in [1.54, 1.807) is 35.5 Å². The number of hydrogen-bond acceptors (Lipinski definition) is 10. The highest BCUT2D eigenvalue weighted by Crippen LogP contribution is 2.37. The molecule has 11 aliphatic carbocycles. The zero-order chi connectivity index (χ0) is 42.1. The molecule has 0 radical (unpaired) electrons. The van der Waals surface area contributed by atoms with Crippen molar-refractivity contribution in [3.8, 4) is 28.7 Å². The Balaban J connectivity index is 1.48. The maximum absolute atomic E-state index is 10.7. The Kier molecular flexibility index (Phi) is 14.9. The first-order chi connectivity index (χ1) is 28.7. The van der Waals surface area contributed by atoms with Crippen molar-refractivity contribution in [1.82, 2.24) is 0 Å². The normalized spacial score (nSPS) is 13.3. The lowest BCUT2D eigenvalue weighted by molar-refractivity contribution is 0.279. The summed E-state index contributed by atoms with van der Waals surface area (Å²) in [5, 5.41) is 53.0. The molecule has 0 spiro atoms. The van der Waals surface area contributed by atoms with Crippen LogP contribution in [0.25, 0.3) is 0 Å². The molecule has 10 nitrogen and oxygen atoms in total. The topological polar surface area (TPSA) is 147 Å². The van der Waals surface area contributed by atoms with E-state index in [0.29, 0.717) is 54.2 Å². The zero-order valence-corrected chi connectivity index (χ0v) is 35.0. The molecule has 0 heterocycles. The average molecular weight is 807 g/mol. The van der Waals surface area contributed by atoms with E-state index in [1.807, 2.05) is 60.7 Å². The Morgan fingerprint density at radius 1 is 0.305 bits per heavy atom. The van der Waals surface area contributed by atoms with Crippen molar-refractivity contribution in [3.05, 3.63) is 144 Å². The van der Waals surface area contributed by atoms with Gasteiger partial charge >= 0.3 is 0 Å². The second-order valence-electron chi connectivity index (χ2n) is 15.2. The number of aliphatic hydroxyl groups is 5. The van der Waals surface area contributed by atoms with Crippen LogP contribution in [0.4, 0.5) is 0 Å². The molecule has 11 aliphatic rings. The number of benzene rings is 5. The van der Waals surface area contributed by atoms with Crippen molar-refractivity contribution in [3.63, 3.8) is 0 Å². The second kappa shape index (κ2) is 20.2. The molecule has 0 atom stereocenters. The Hall–Kier alpha value is -5.10. The SMILES string of the molecule is COc1cc2c(CO)cc1CCCCCc1cc(OC)c(cc1CO)Cc1cc(OC)c(cc1CO)Cc1cc(OC)c(cc1CO)Cc1cc(OC)c(cc1CO)C2. The molecule has 5 aromatic carbocycles. The summed E-state index contributed by atoms with van der Waals surface area (Å²) in [4.78, 5) is 0. The highest BCUT2D eigenvalue weighted by Gasteiger charge is 2.21. The summed E-state index contributed by atoms with van der Waals surface area (Å²) in [6, 6.07) is 19.8. The number of aryl methyl sites for hydroxylation is 2. The summed E-state index contributed by atoms with van der Waals surface area (Å²) in [5.41, 5.74) is 12.8. The lowest BCUT2D eigenvalue weighted by Crippen LogP contribution is -2.07. The van der Waals surface area contributed by atoms with E-state index in [2.05, 4.69) is 0 Å². The third kappa shape index (κ3) is 9.69. The smallest absolute Gasteiger partial charge is 0.122 e. The van der Waals surface area contributed by atoms with Gasteiger partial charge in [-0.15, -0.1) is 0 Å². The van der Waals surface area contributed by atoms with Gasteiger partial charge in [-0.3, -0.25) is 0 Å². The molecule has 5 N–H and O–H groups in total. The molecule has 0 unspecified atom stereocenters. The lowest BCUT2D eigenvalue weighted by Gasteiger charge is -2.20. The van der Waals surface area contributed by atoms with E-state index in [-0.39, 0.29) is 33.0 Å². The summed E-state index contributed by atoms with van der Waals surface area (Å²) in [7, 11) is 8.18. The van der Waals surface area contributed by atoms with E-state index >= 15 is 0 Å². The highest BCUT2D eigenvalue weighted by molar-refractivity contribution is 5.54. The third-order valence-corrected chi connectivity index (χ3v) is 11.8. The number of rotatable bonds is 10. The van der Waals surface area contributed by atoms with Crippen molar-refractivity contribution in [2.75, 3.05) is 35.5 Å². The minimum absolute atomic E-state index is 0.109. The summed E-state index contributed by atoms with van der Waals surface area (Å²) >= 11 is 0. The van der Waals surface area contributed by atoms with Crippen LogP contribution in [0.2, 0.25) is 0 Å². The van der Waals surface area contributed by atoms with Crippen molar-refractivity contribution in [2.45, 2.75) is 90.8 Å². The molecule has 0 fully saturated rings. The molecule has 0 aliphatic heterocycles. The average Bonchev–Trinajstić information content (AvgIpc) is 3.26. The Morgan fingerprint density at radius 2 is 0.542 bits per heavy atom. The number of ether oxygens (including phenoxy) is 5. The van der Waals surface area contributed by atoms with Crippen LogP contribution in [0.1, 0.15) is 103 Å². The number of methoxy groups -OCH3 is 5. The maximum Gasteiger partial charge on any atom is 0.122 e. The first-order valence-electron chi connectivity index (χ1n) is 20.2. The van der Waals surface area contributed by atoms with Crippen LogP contribution in [0.3, 0.4) is 0 Å². The van der Waals surface area contributed by atoms with E-state index in [1.165, 1.54) is 0 Å². The lowest BCUT2D eigenvalue weighted by atomic mass is 9.89. The van der Waals surface area contributed by atoms with Gasteiger partial charge in [0.05, 0.1) is 68.6 Å². The highest BCUT2D eigenvalue weighted by atomic mass is 16.5. The van der Waals surface area contributed by atoms with Crippen molar-refractivity contribution in [2.24, 2.45) is 0 Å². The minimum Gasteiger partial charge on any atom is -0.496 e. The van der Waals surface area contributed by atoms with Gasteiger partial charge in [0.2, 0.25) is 0 Å². The fourth-order valence-corrected chi connectivity index (χ4v) is 8.54. The molecule has 59 heavy (non-hydrogen) atoms. The minimum atomic E-state index is -0.215. The predicted octanol–water partition coefficient (Wildman–Crippen LogP) is 6.82. The van der Waals surface area contributed by atoms with Crippen molar-refractivity contribution in [1.29, 1.82) is 0 Å². The van der Waals surface area contributed by atoms with Crippen molar-refractivity contribution < 1.29 is 49.2 Å². The molecule has 314 valence electrons. The van der Waals surface area contributed by atoms with Crippen molar-refractivity contribution >= 4 is 0 Å². The van der Waals surface area contributed by atoms with Gasteiger partial charge in [0.15, 0.2) is 0 Å². The molecule has 0 saturated carbocycles. The molecule has 10 bridgehead atoms. The van der Waals surface area contributed by atoms with Gasteiger partial charge in [-0.2, -0.15) is 0 Å². The standard InChI is InChI=1S/C49H58O10/c1-55-45-21-32-12-37-17-43(28-53)34(23-47(37)57-3)14-39-19-44(29-54)35(24-49(39)59-5)15-38-18-42(27-52)33(22-48(38)58-4)13-36-16-40(25-50)30(20-46(36)56-2)9-7-6-8-10-31(45)11-41(32)26-51/h11,16-24,50-54H,6-10,12-15,25-29H2,1-5H3. The van der Waals surface area contributed by atoms with Crippen LogP contribution >= 0.6 is 0 Å². The van der Waals surface area contributed by atoms with Crippen LogP contribution < -0.4 is 23.7 Å². The van der Waals surface area contributed by atoms with Gasteiger partial charge in [0.25, 0.3) is 0 Å². The number of aliphatic hydroxyl groups excluding tert-OH is 5. The van der Waals surface area contributed by atoms with E-state index in [0.717, 1.165) is 116 Å². The summed E-state index contributed by atoms with van der Waals surface area (Å²) in [5.74, 6) is 3.39. The Morgan fingerprint density at radius 3 is 0.831 bits per heavy atom. The number of fused-ring (bicyclic) bond motifs is 1. The zero-order valence-electron chi connectivity index (χ0n) is 35.0. The van der Waals surface area contributed by atoms with E-state index < -0.39 is 0 Å². The third-order valence-electron chi connectivity index (χ3n) is 11.8. The monoisotopic (exact) mass is 806 g/mol. The van der Waals surface area contributed by atoms with E-state index in [4.69, 9.17) is 23.7 Å². The van der Waals surface area contributed by atoms with Crippen LogP contribution in [0.15, 0.2) is 60.7 Å². The van der Waals surface area contributed by atoms with Gasteiger partial charge in [-0.1, -0.05) is 6.42 Å². The van der Waals surface area contributed by atoms with Gasteiger partial charge in [-0.25, -0.2) is 0 Å². The molecule has 0 aromatic heterocycles. The summed E-state index contributed by atoms with van der Waals surface area (Å²) < 4.78 is 29.6. The van der Waals surface area contributed by atoms with E-state index in [9.17, 15) is 25.5 Å². The van der Waals surface area contributed by atoms with Gasteiger partial charge in [0.1, 0.15) is 28.7 Å².